The third-order valence-electron chi connectivity index (χ3n) is 2.57. The smallest absolute Gasteiger partial charge is 0.0946 e. The summed E-state index contributed by atoms with van der Waals surface area (Å²) in [5, 5.41) is 4.37. The standard InChI is InChI=1S/C10H15N5/c1-8-10(11)9(2)15(13-8)6-5-14-4-3-12-7-14/h3-4,7H,5-6,11H2,1-2H3. The van der Waals surface area contributed by atoms with Gasteiger partial charge in [0.25, 0.3) is 0 Å². The van der Waals surface area contributed by atoms with Crippen molar-refractivity contribution in [2.45, 2.75) is 26.9 Å². The first-order chi connectivity index (χ1) is 7.18. The Morgan fingerprint density at radius 3 is 2.67 bits per heavy atom. The van der Waals surface area contributed by atoms with Gasteiger partial charge in [-0.3, -0.25) is 4.68 Å². The van der Waals surface area contributed by atoms with Crippen LogP contribution in [0.3, 0.4) is 0 Å². The van der Waals surface area contributed by atoms with Crippen LogP contribution in [0.1, 0.15) is 11.4 Å². The number of hydrogen-bond donors (Lipinski definition) is 1. The molecule has 2 aromatic heterocycles. The molecule has 0 bridgehead atoms. The second kappa shape index (κ2) is 3.76. The van der Waals surface area contributed by atoms with Gasteiger partial charge in [0, 0.05) is 18.9 Å². The van der Waals surface area contributed by atoms with Gasteiger partial charge in [0.1, 0.15) is 0 Å². The Bertz CT molecular complexity index is 441. The average molecular weight is 205 g/mol. The van der Waals surface area contributed by atoms with E-state index in [1.54, 1.807) is 12.5 Å². The molecule has 0 saturated heterocycles. The molecule has 2 aromatic rings. The van der Waals surface area contributed by atoms with Crippen molar-refractivity contribution in [1.82, 2.24) is 19.3 Å². The molecule has 0 amide bonds. The van der Waals surface area contributed by atoms with E-state index in [0.29, 0.717) is 0 Å². The zero-order valence-corrected chi connectivity index (χ0v) is 9.01. The Labute approximate surface area is 88.5 Å². The van der Waals surface area contributed by atoms with Crippen molar-refractivity contribution in [3.05, 3.63) is 30.1 Å². The average Bonchev–Trinajstić information content (AvgIpc) is 2.80. The van der Waals surface area contributed by atoms with Crippen molar-refractivity contribution in [2.75, 3.05) is 5.73 Å². The fourth-order valence-electron chi connectivity index (χ4n) is 1.56. The molecule has 5 nitrogen and oxygen atoms in total. The van der Waals surface area contributed by atoms with E-state index >= 15 is 0 Å². The highest BCUT2D eigenvalue weighted by molar-refractivity contribution is 5.46. The summed E-state index contributed by atoms with van der Waals surface area (Å²) >= 11 is 0. The van der Waals surface area contributed by atoms with E-state index in [0.717, 1.165) is 30.2 Å². The maximum absolute atomic E-state index is 5.85. The molecule has 0 aromatic carbocycles. The lowest BCUT2D eigenvalue weighted by atomic mass is 10.3. The van der Waals surface area contributed by atoms with E-state index in [1.165, 1.54) is 0 Å². The number of nitrogens with two attached hydrogens (primary N) is 1. The van der Waals surface area contributed by atoms with Gasteiger partial charge >= 0.3 is 0 Å². The van der Waals surface area contributed by atoms with Crippen molar-refractivity contribution < 1.29 is 0 Å². The zero-order chi connectivity index (χ0) is 10.8. The largest absolute Gasteiger partial charge is 0.396 e. The molecule has 80 valence electrons. The first kappa shape index (κ1) is 9.76. The Kier molecular flexibility index (Phi) is 2.45. The molecule has 0 atom stereocenters. The first-order valence-corrected chi connectivity index (χ1v) is 4.93. The molecule has 5 heteroatoms. The number of rotatable bonds is 3. The minimum atomic E-state index is 0.792. The van der Waals surface area contributed by atoms with E-state index < -0.39 is 0 Å². The molecule has 0 saturated carbocycles. The third-order valence-corrected chi connectivity index (χ3v) is 2.57. The summed E-state index contributed by atoms with van der Waals surface area (Å²) in [6, 6.07) is 0. The number of aryl methyl sites for hydroxylation is 3. The lowest BCUT2D eigenvalue weighted by Gasteiger charge is -2.04. The van der Waals surface area contributed by atoms with Gasteiger partial charge in [0.2, 0.25) is 0 Å². The van der Waals surface area contributed by atoms with E-state index in [2.05, 4.69) is 10.1 Å². The number of anilines is 1. The molecule has 0 unspecified atom stereocenters. The number of imidazole rings is 1. The van der Waals surface area contributed by atoms with E-state index in [4.69, 9.17) is 5.73 Å². The second-order valence-electron chi connectivity index (χ2n) is 3.61. The summed E-state index contributed by atoms with van der Waals surface area (Å²) in [4.78, 5) is 3.99. The van der Waals surface area contributed by atoms with Gasteiger partial charge in [-0.25, -0.2) is 4.98 Å². The minimum Gasteiger partial charge on any atom is -0.396 e. The highest BCUT2D eigenvalue weighted by Gasteiger charge is 2.07. The molecule has 2 heterocycles. The van der Waals surface area contributed by atoms with Crippen molar-refractivity contribution in [2.24, 2.45) is 0 Å². The molecular weight excluding hydrogens is 190 g/mol. The normalized spacial score (nSPS) is 10.8. The first-order valence-electron chi connectivity index (χ1n) is 4.93. The van der Waals surface area contributed by atoms with Crippen molar-refractivity contribution in [3.8, 4) is 0 Å². The van der Waals surface area contributed by atoms with Crippen LogP contribution in [0, 0.1) is 13.8 Å². The Hall–Kier alpha value is -1.78. The molecule has 2 rings (SSSR count). The van der Waals surface area contributed by atoms with Crippen molar-refractivity contribution in [3.63, 3.8) is 0 Å². The minimum absolute atomic E-state index is 0.792. The molecule has 2 N–H and O–H groups in total. The highest BCUT2D eigenvalue weighted by atomic mass is 15.3. The molecule has 0 aliphatic carbocycles. The Morgan fingerprint density at radius 1 is 1.33 bits per heavy atom. The van der Waals surface area contributed by atoms with Gasteiger partial charge in [-0.05, 0) is 13.8 Å². The third kappa shape index (κ3) is 1.86. The molecule has 0 radical (unpaired) electrons. The van der Waals surface area contributed by atoms with Crippen LogP contribution >= 0.6 is 0 Å². The molecular formula is C10H15N5. The lowest BCUT2D eigenvalue weighted by molar-refractivity contribution is 0.521. The number of nitrogen functional groups attached to an aromatic ring is 1. The van der Waals surface area contributed by atoms with E-state index in [1.807, 2.05) is 29.3 Å². The summed E-state index contributed by atoms with van der Waals surface area (Å²) < 4.78 is 3.96. The summed E-state index contributed by atoms with van der Waals surface area (Å²) in [6.07, 6.45) is 5.51. The van der Waals surface area contributed by atoms with Gasteiger partial charge in [-0.2, -0.15) is 5.10 Å². The molecule has 0 fully saturated rings. The van der Waals surface area contributed by atoms with Crippen LogP contribution in [0.2, 0.25) is 0 Å². The molecule has 0 spiro atoms. The summed E-state index contributed by atoms with van der Waals surface area (Å²) in [5.41, 5.74) is 8.58. The van der Waals surface area contributed by atoms with Gasteiger partial charge in [-0.1, -0.05) is 0 Å². The topological polar surface area (TPSA) is 61.7 Å². The van der Waals surface area contributed by atoms with Crippen molar-refractivity contribution >= 4 is 5.69 Å². The Morgan fingerprint density at radius 2 is 2.13 bits per heavy atom. The summed E-state index contributed by atoms with van der Waals surface area (Å²) in [5.74, 6) is 0. The summed E-state index contributed by atoms with van der Waals surface area (Å²) in [6.45, 7) is 5.60. The summed E-state index contributed by atoms with van der Waals surface area (Å²) in [7, 11) is 0. The van der Waals surface area contributed by atoms with Crippen LogP contribution in [-0.2, 0) is 13.1 Å². The maximum atomic E-state index is 5.85. The van der Waals surface area contributed by atoms with Gasteiger partial charge < -0.3 is 10.3 Å². The lowest BCUT2D eigenvalue weighted by Crippen LogP contribution is -2.09. The molecule has 0 aliphatic heterocycles. The van der Waals surface area contributed by atoms with Crippen LogP contribution < -0.4 is 5.73 Å². The van der Waals surface area contributed by atoms with Crippen LogP contribution in [0.25, 0.3) is 0 Å². The zero-order valence-electron chi connectivity index (χ0n) is 9.01. The predicted octanol–water partition coefficient (Wildman–Crippen LogP) is 0.979. The quantitative estimate of drug-likeness (QED) is 0.812. The van der Waals surface area contributed by atoms with Crippen LogP contribution in [-0.4, -0.2) is 19.3 Å². The van der Waals surface area contributed by atoms with Crippen molar-refractivity contribution in [1.29, 1.82) is 0 Å². The van der Waals surface area contributed by atoms with E-state index in [-0.39, 0.29) is 0 Å². The maximum Gasteiger partial charge on any atom is 0.0946 e. The predicted molar refractivity (Wildman–Crippen MR) is 58.3 cm³/mol. The Balaban J connectivity index is 2.08. The van der Waals surface area contributed by atoms with Gasteiger partial charge in [0.15, 0.2) is 0 Å². The fraction of sp³-hybridized carbons (Fsp3) is 0.400. The van der Waals surface area contributed by atoms with Gasteiger partial charge in [0.05, 0.1) is 29.9 Å². The van der Waals surface area contributed by atoms with E-state index in [9.17, 15) is 0 Å². The highest BCUT2D eigenvalue weighted by Crippen LogP contribution is 2.14. The molecule has 0 aliphatic rings. The second-order valence-corrected chi connectivity index (χ2v) is 3.61. The fourth-order valence-corrected chi connectivity index (χ4v) is 1.56. The van der Waals surface area contributed by atoms with Crippen LogP contribution in [0.15, 0.2) is 18.7 Å². The SMILES string of the molecule is Cc1nn(CCn2ccnc2)c(C)c1N. The van der Waals surface area contributed by atoms with Gasteiger partial charge in [-0.15, -0.1) is 0 Å². The number of aromatic nitrogens is 4. The number of hydrogen-bond acceptors (Lipinski definition) is 3. The number of nitrogens with zero attached hydrogens (tertiary/aromatic N) is 4. The van der Waals surface area contributed by atoms with Crippen LogP contribution in [0.4, 0.5) is 5.69 Å². The van der Waals surface area contributed by atoms with Crippen LogP contribution in [0.5, 0.6) is 0 Å². The monoisotopic (exact) mass is 205 g/mol. The molecule has 15 heavy (non-hydrogen) atoms.